The molecule has 0 unspecified atom stereocenters. The van der Waals surface area contributed by atoms with Crippen LogP contribution < -0.4 is 4.74 Å². The fourth-order valence-electron chi connectivity index (χ4n) is 3.93. The number of halogens is 1. The zero-order valence-electron chi connectivity index (χ0n) is 19.2. The third kappa shape index (κ3) is 5.88. The van der Waals surface area contributed by atoms with E-state index in [1.165, 1.54) is 19.2 Å². The topological polar surface area (TPSA) is 77.8 Å². The molecule has 0 aliphatic carbocycles. The van der Waals surface area contributed by atoms with Crippen molar-refractivity contribution >= 4 is 23.7 Å². The highest BCUT2D eigenvalue weighted by molar-refractivity contribution is 5.94. The average molecular weight is 457 g/mol. The second-order valence-corrected chi connectivity index (χ2v) is 7.91. The van der Waals surface area contributed by atoms with E-state index in [1.54, 1.807) is 30.9 Å². The summed E-state index contributed by atoms with van der Waals surface area (Å²) >= 11 is 0. The van der Waals surface area contributed by atoms with Crippen LogP contribution in [0.25, 0.3) is 6.08 Å². The zero-order valence-corrected chi connectivity index (χ0v) is 19.2. The maximum absolute atomic E-state index is 14.4. The first kappa shape index (κ1) is 24.2. The SMILES string of the molecule is CCOC(=O)C[C@@H](c1ccc(OC)c(F)c1)N1CCn2cc(/C=C/CCC(C)=O)cc2C1=O. The number of fused-ring (bicyclic) bond motifs is 1. The van der Waals surface area contributed by atoms with E-state index >= 15 is 0 Å². The highest BCUT2D eigenvalue weighted by Gasteiger charge is 2.33. The van der Waals surface area contributed by atoms with Crippen LogP contribution in [-0.4, -0.2) is 47.4 Å². The van der Waals surface area contributed by atoms with Crippen molar-refractivity contribution in [2.75, 3.05) is 20.3 Å². The Bertz CT molecular complexity index is 1060. The number of nitrogens with zero attached hydrogens (tertiary/aromatic N) is 2. The minimum atomic E-state index is -0.671. The lowest BCUT2D eigenvalue weighted by atomic mass is 10.00. The summed E-state index contributed by atoms with van der Waals surface area (Å²) in [4.78, 5) is 38.4. The number of carbonyl (C=O) groups is 3. The van der Waals surface area contributed by atoms with Crippen LogP contribution >= 0.6 is 0 Å². The van der Waals surface area contributed by atoms with E-state index < -0.39 is 17.8 Å². The number of methoxy groups -OCH3 is 1. The summed E-state index contributed by atoms with van der Waals surface area (Å²) in [5, 5.41) is 0. The number of allylic oxidation sites excluding steroid dienone is 1. The third-order valence-electron chi connectivity index (χ3n) is 5.56. The number of Topliss-reactive ketones (excluding diaryl/α,β-unsaturated/α-hetero) is 1. The number of hydrogen-bond donors (Lipinski definition) is 0. The maximum Gasteiger partial charge on any atom is 0.308 e. The van der Waals surface area contributed by atoms with E-state index in [0.717, 1.165) is 5.56 Å². The van der Waals surface area contributed by atoms with Gasteiger partial charge in [-0.1, -0.05) is 18.2 Å². The van der Waals surface area contributed by atoms with Crippen molar-refractivity contribution in [2.45, 2.75) is 45.7 Å². The number of amides is 1. The summed E-state index contributed by atoms with van der Waals surface area (Å²) in [5.41, 5.74) is 1.86. The summed E-state index contributed by atoms with van der Waals surface area (Å²) in [5.74, 6) is -1.04. The second kappa shape index (κ2) is 10.9. The quantitative estimate of drug-likeness (QED) is 0.502. The van der Waals surface area contributed by atoms with Gasteiger partial charge >= 0.3 is 5.97 Å². The molecule has 1 aromatic carbocycles. The van der Waals surface area contributed by atoms with Crippen molar-refractivity contribution in [3.8, 4) is 5.75 Å². The summed E-state index contributed by atoms with van der Waals surface area (Å²) in [6.45, 7) is 4.40. The van der Waals surface area contributed by atoms with Gasteiger partial charge in [-0.25, -0.2) is 4.39 Å². The Balaban J connectivity index is 1.86. The summed E-state index contributed by atoms with van der Waals surface area (Å²) in [6.07, 6.45) is 6.73. The molecule has 1 atom stereocenters. The van der Waals surface area contributed by atoms with E-state index in [4.69, 9.17) is 9.47 Å². The molecular formula is C25H29FN2O5. The zero-order chi connectivity index (χ0) is 24.0. The molecule has 2 heterocycles. The molecule has 0 fully saturated rings. The number of esters is 1. The van der Waals surface area contributed by atoms with Crippen molar-refractivity contribution in [1.82, 2.24) is 9.47 Å². The van der Waals surface area contributed by atoms with Crippen molar-refractivity contribution < 1.29 is 28.2 Å². The van der Waals surface area contributed by atoms with Crippen LogP contribution in [0.3, 0.4) is 0 Å². The van der Waals surface area contributed by atoms with Gasteiger partial charge in [0, 0.05) is 25.7 Å². The molecule has 176 valence electrons. The van der Waals surface area contributed by atoms with Gasteiger partial charge in [0.05, 0.1) is 26.2 Å². The first-order chi connectivity index (χ1) is 15.8. The van der Waals surface area contributed by atoms with Crippen molar-refractivity contribution in [3.63, 3.8) is 0 Å². The third-order valence-corrected chi connectivity index (χ3v) is 5.56. The van der Waals surface area contributed by atoms with E-state index in [2.05, 4.69) is 0 Å². The Labute approximate surface area is 192 Å². The number of rotatable bonds is 10. The number of hydrogen-bond acceptors (Lipinski definition) is 5. The molecule has 0 radical (unpaired) electrons. The van der Waals surface area contributed by atoms with Gasteiger partial charge < -0.3 is 23.7 Å². The number of benzene rings is 1. The summed E-state index contributed by atoms with van der Waals surface area (Å²) in [6, 6.07) is 5.57. The van der Waals surface area contributed by atoms with Crippen LogP contribution in [0, 0.1) is 5.82 Å². The molecule has 1 aromatic heterocycles. The van der Waals surface area contributed by atoms with Gasteiger partial charge in [0.25, 0.3) is 5.91 Å². The monoisotopic (exact) mass is 456 g/mol. The van der Waals surface area contributed by atoms with Crippen molar-refractivity contribution in [3.05, 3.63) is 59.2 Å². The first-order valence-corrected chi connectivity index (χ1v) is 11.0. The van der Waals surface area contributed by atoms with E-state index in [1.807, 2.05) is 22.9 Å². The molecule has 2 aromatic rings. The van der Waals surface area contributed by atoms with Crippen molar-refractivity contribution in [2.24, 2.45) is 0 Å². The van der Waals surface area contributed by atoms with Crippen LogP contribution in [0.2, 0.25) is 0 Å². The maximum atomic E-state index is 14.4. The molecule has 1 amide bonds. The Morgan fingerprint density at radius 1 is 1.24 bits per heavy atom. The first-order valence-electron chi connectivity index (χ1n) is 11.0. The molecule has 8 heteroatoms. The minimum absolute atomic E-state index is 0.0795. The smallest absolute Gasteiger partial charge is 0.308 e. The van der Waals surface area contributed by atoms with Gasteiger partial charge in [0.15, 0.2) is 11.6 Å². The van der Waals surface area contributed by atoms with Gasteiger partial charge in [-0.05, 0) is 49.6 Å². The Morgan fingerprint density at radius 3 is 2.70 bits per heavy atom. The van der Waals surface area contributed by atoms with Gasteiger partial charge in [-0.2, -0.15) is 0 Å². The highest BCUT2D eigenvalue weighted by Crippen LogP contribution is 2.32. The molecular weight excluding hydrogens is 427 g/mol. The molecule has 0 saturated heterocycles. The molecule has 0 spiro atoms. The predicted octanol–water partition coefficient (Wildman–Crippen LogP) is 4.17. The Morgan fingerprint density at radius 2 is 2.03 bits per heavy atom. The van der Waals surface area contributed by atoms with E-state index in [-0.39, 0.29) is 30.5 Å². The molecule has 0 bridgehead atoms. The standard InChI is InChI=1S/C25H29FN2O5/c1-4-33-24(30)15-21(19-9-10-23(32-3)20(26)14-19)28-12-11-27-16-18(13-22(27)25(28)31)8-6-5-7-17(2)29/h6,8-10,13-14,16,21H,4-5,7,11-12,15H2,1-3H3/b8-6+/t21-/m0/s1. The number of ketones is 1. The number of carbonyl (C=O) groups excluding carboxylic acids is 3. The molecule has 1 aliphatic heterocycles. The van der Waals surface area contributed by atoms with Crippen LogP contribution in [-0.2, 0) is 20.9 Å². The molecule has 33 heavy (non-hydrogen) atoms. The molecule has 0 saturated carbocycles. The van der Waals surface area contributed by atoms with E-state index in [9.17, 15) is 18.8 Å². The fourth-order valence-corrected chi connectivity index (χ4v) is 3.93. The van der Waals surface area contributed by atoms with Crippen LogP contribution in [0.1, 0.15) is 60.8 Å². The highest BCUT2D eigenvalue weighted by atomic mass is 19.1. The van der Waals surface area contributed by atoms with Crippen LogP contribution in [0.4, 0.5) is 4.39 Å². The molecule has 3 rings (SSSR count). The molecule has 1 aliphatic rings. The number of ether oxygens (including phenoxy) is 2. The van der Waals surface area contributed by atoms with Gasteiger partial charge in [0.2, 0.25) is 0 Å². The van der Waals surface area contributed by atoms with Crippen LogP contribution in [0.15, 0.2) is 36.5 Å². The average Bonchev–Trinajstić information content (AvgIpc) is 3.20. The van der Waals surface area contributed by atoms with Gasteiger partial charge in [0.1, 0.15) is 11.5 Å². The molecule has 0 N–H and O–H groups in total. The summed E-state index contributed by atoms with van der Waals surface area (Å²) in [7, 11) is 1.38. The fraction of sp³-hybridized carbons (Fsp3) is 0.400. The lowest BCUT2D eigenvalue weighted by Gasteiger charge is -2.35. The minimum Gasteiger partial charge on any atom is -0.494 e. The summed E-state index contributed by atoms with van der Waals surface area (Å²) < 4.78 is 26.4. The van der Waals surface area contributed by atoms with Crippen molar-refractivity contribution in [1.29, 1.82) is 0 Å². The Hall–Kier alpha value is -3.42. The largest absolute Gasteiger partial charge is 0.494 e. The number of aromatic nitrogens is 1. The Kier molecular flexibility index (Phi) is 8.03. The lowest BCUT2D eigenvalue weighted by Crippen LogP contribution is -2.43. The normalized spacial score (nSPS) is 14.3. The van der Waals surface area contributed by atoms with Crippen LogP contribution in [0.5, 0.6) is 5.75 Å². The van der Waals surface area contributed by atoms with Gasteiger partial charge in [-0.15, -0.1) is 0 Å². The lowest BCUT2D eigenvalue weighted by molar-refractivity contribution is -0.144. The van der Waals surface area contributed by atoms with Gasteiger partial charge in [-0.3, -0.25) is 9.59 Å². The molecule has 7 nitrogen and oxygen atoms in total. The van der Waals surface area contributed by atoms with E-state index in [0.29, 0.717) is 37.2 Å². The predicted molar refractivity (Wildman–Crippen MR) is 121 cm³/mol. The second-order valence-electron chi connectivity index (χ2n) is 7.91.